The fourth-order valence-corrected chi connectivity index (χ4v) is 2.29. The molecule has 3 rings (SSSR count). The Balaban J connectivity index is 2.11. The number of H-pyrrole nitrogens is 1. The molecular formula is C13H9BrN4O3. The second-order valence-electron chi connectivity index (χ2n) is 4.24. The first kappa shape index (κ1) is 13.4. The number of furan rings is 1. The van der Waals surface area contributed by atoms with E-state index in [0.717, 1.165) is 4.47 Å². The maximum absolute atomic E-state index is 12.1. The number of carbonyl (C=O) groups is 2. The average molecular weight is 349 g/mol. The summed E-state index contributed by atoms with van der Waals surface area (Å²) < 4.78 is 6.18. The molecule has 2 amide bonds. The third-order valence-corrected chi connectivity index (χ3v) is 3.35. The Hall–Kier alpha value is -2.61. The number of nitrogens with two attached hydrogens (primary N) is 1. The lowest BCUT2D eigenvalue weighted by Gasteiger charge is -2.03. The Labute approximate surface area is 126 Å². The van der Waals surface area contributed by atoms with Crippen molar-refractivity contribution < 1.29 is 14.0 Å². The summed E-state index contributed by atoms with van der Waals surface area (Å²) in [7, 11) is 0. The van der Waals surface area contributed by atoms with Crippen molar-refractivity contribution in [3.8, 4) is 0 Å². The fraction of sp³-hybridized carbons (Fsp3) is 0. The van der Waals surface area contributed by atoms with Gasteiger partial charge < -0.3 is 15.5 Å². The molecule has 21 heavy (non-hydrogen) atoms. The Morgan fingerprint density at radius 2 is 2.14 bits per heavy atom. The van der Waals surface area contributed by atoms with Crippen LogP contribution >= 0.6 is 15.9 Å². The van der Waals surface area contributed by atoms with Crippen molar-refractivity contribution in [2.75, 3.05) is 5.32 Å². The first-order chi connectivity index (χ1) is 10.1. The third-order valence-electron chi connectivity index (χ3n) is 2.86. The van der Waals surface area contributed by atoms with E-state index in [9.17, 15) is 9.59 Å². The van der Waals surface area contributed by atoms with Gasteiger partial charge in [-0.15, -0.1) is 0 Å². The lowest BCUT2D eigenvalue weighted by Crippen LogP contribution is -2.17. The predicted molar refractivity (Wildman–Crippen MR) is 79.0 cm³/mol. The molecule has 8 heteroatoms. The molecular weight excluding hydrogens is 340 g/mol. The molecule has 0 aliphatic rings. The molecule has 2 aromatic heterocycles. The highest BCUT2D eigenvalue weighted by Crippen LogP contribution is 2.33. The fourth-order valence-electron chi connectivity index (χ4n) is 1.93. The lowest BCUT2D eigenvalue weighted by molar-refractivity contribution is 0.0977. The zero-order valence-electron chi connectivity index (χ0n) is 10.5. The summed E-state index contributed by atoms with van der Waals surface area (Å²) in [5.41, 5.74) is 6.24. The quantitative estimate of drug-likeness (QED) is 0.673. The van der Waals surface area contributed by atoms with E-state index in [2.05, 4.69) is 31.4 Å². The zero-order valence-corrected chi connectivity index (χ0v) is 12.1. The molecule has 0 bridgehead atoms. The average Bonchev–Trinajstić information content (AvgIpc) is 3.07. The van der Waals surface area contributed by atoms with Gasteiger partial charge in [0.25, 0.3) is 11.8 Å². The van der Waals surface area contributed by atoms with Crippen LogP contribution in [-0.2, 0) is 0 Å². The number of carbonyl (C=O) groups excluding carboxylic acids is 2. The molecule has 0 atom stereocenters. The number of hydrogen-bond acceptors (Lipinski definition) is 4. The number of halogens is 1. The Bertz CT molecular complexity index is 839. The van der Waals surface area contributed by atoms with Crippen LogP contribution in [0.1, 0.15) is 21.0 Å². The molecule has 0 aliphatic carbocycles. The lowest BCUT2D eigenvalue weighted by atomic mass is 10.2. The standard InChI is InChI=1S/C13H9BrN4O3/c14-6-1-2-9-7(5-6)10(11(21-9)12(15)19)17-13(20)8-3-4-16-18-8/h1-5H,(H2,15,19)(H,16,18)(H,17,20). The van der Waals surface area contributed by atoms with E-state index in [4.69, 9.17) is 10.2 Å². The van der Waals surface area contributed by atoms with Crippen LogP contribution in [0.25, 0.3) is 11.0 Å². The van der Waals surface area contributed by atoms with Crippen molar-refractivity contribution in [3.63, 3.8) is 0 Å². The normalized spacial score (nSPS) is 10.7. The molecule has 0 fully saturated rings. The molecule has 0 spiro atoms. The van der Waals surface area contributed by atoms with Gasteiger partial charge in [0.05, 0.1) is 0 Å². The van der Waals surface area contributed by atoms with Crippen molar-refractivity contribution in [1.29, 1.82) is 0 Å². The third kappa shape index (κ3) is 2.40. The Morgan fingerprint density at radius 1 is 1.33 bits per heavy atom. The molecule has 0 saturated heterocycles. The minimum Gasteiger partial charge on any atom is -0.449 e. The van der Waals surface area contributed by atoms with Gasteiger partial charge in [-0.1, -0.05) is 15.9 Å². The smallest absolute Gasteiger partial charge is 0.286 e. The number of amides is 2. The van der Waals surface area contributed by atoms with Crippen molar-refractivity contribution in [1.82, 2.24) is 10.2 Å². The molecule has 0 radical (unpaired) electrons. The molecule has 0 unspecified atom stereocenters. The molecule has 0 aliphatic heterocycles. The number of anilines is 1. The van der Waals surface area contributed by atoms with Gasteiger partial charge >= 0.3 is 0 Å². The van der Waals surface area contributed by atoms with Gasteiger partial charge in [0.1, 0.15) is 17.0 Å². The van der Waals surface area contributed by atoms with Crippen LogP contribution in [0.15, 0.2) is 39.4 Å². The van der Waals surface area contributed by atoms with E-state index in [0.29, 0.717) is 11.0 Å². The Morgan fingerprint density at radius 3 is 2.81 bits per heavy atom. The monoisotopic (exact) mass is 348 g/mol. The molecule has 2 heterocycles. The van der Waals surface area contributed by atoms with Crippen LogP contribution < -0.4 is 11.1 Å². The number of nitrogens with one attached hydrogen (secondary N) is 2. The highest BCUT2D eigenvalue weighted by atomic mass is 79.9. The van der Waals surface area contributed by atoms with E-state index in [1.807, 2.05) is 0 Å². The summed E-state index contributed by atoms with van der Waals surface area (Å²) in [5, 5.41) is 9.43. The van der Waals surface area contributed by atoms with Crippen LogP contribution in [0.5, 0.6) is 0 Å². The second kappa shape index (κ2) is 5.06. The van der Waals surface area contributed by atoms with Crippen LogP contribution in [0.4, 0.5) is 5.69 Å². The molecule has 7 nitrogen and oxygen atoms in total. The number of primary amides is 1. The van der Waals surface area contributed by atoms with E-state index in [-0.39, 0.29) is 17.1 Å². The summed E-state index contributed by atoms with van der Waals surface area (Å²) in [4.78, 5) is 23.6. The molecule has 1 aromatic carbocycles. The number of aromatic amines is 1. The van der Waals surface area contributed by atoms with Crippen LogP contribution in [0.2, 0.25) is 0 Å². The van der Waals surface area contributed by atoms with Crippen LogP contribution in [-0.4, -0.2) is 22.0 Å². The minimum absolute atomic E-state index is 0.101. The van der Waals surface area contributed by atoms with Crippen molar-refractivity contribution in [2.45, 2.75) is 0 Å². The van der Waals surface area contributed by atoms with Gasteiger partial charge in [-0.2, -0.15) is 5.10 Å². The summed E-state index contributed by atoms with van der Waals surface area (Å²) in [6.45, 7) is 0. The summed E-state index contributed by atoms with van der Waals surface area (Å²) in [5.74, 6) is -1.31. The van der Waals surface area contributed by atoms with Crippen molar-refractivity contribution >= 4 is 44.4 Å². The van der Waals surface area contributed by atoms with E-state index in [1.165, 1.54) is 12.3 Å². The SMILES string of the molecule is NC(=O)c1oc2ccc(Br)cc2c1NC(=O)c1ccn[nH]1. The number of fused-ring (bicyclic) bond motifs is 1. The van der Waals surface area contributed by atoms with Crippen LogP contribution in [0, 0.1) is 0 Å². The largest absolute Gasteiger partial charge is 0.449 e. The predicted octanol–water partition coefficient (Wildman–Crippen LogP) is 2.27. The number of aromatic nitrogens is 2. The topological polar surface area (TPSA) is 114 Å². The summed E-state index contributed by atoms with van der Waals surface area (Å²) in [6.07, 6.45) is 1.45. The van der Waals surface area contributed by atoms with Gasteiger partial charge in [0, 0.05) is 16.1 Å². The minimum atomic E-state index is -0.762. The highest BCUT2D eigenvalue weighted by molar-refractivity contribution is 9.10. The van der Waals surface area contributed by atoms with E-state index < -0.39 is 11.8 Å². The van der Waals surface area contributed by atoms with E-state index >= 15 is 0 Å². The summed E-state index contributed by atoms with van der Waals surface area (Å²) >= 11 is 3.33. The molecule has 0 saturated carbocycles. The first-order valence-electron chi connectivity index (χ1n) is 5.89. The highest BCUT2D eigenvalue weighted by Gasteiger charge is 2.21. The maximum atomic E-state index is 12.1. The Kier molecular flexibility index (Phi) is 3.22. The molecule has 3 aromatic rings. The second-order valence-corrected chi connectivity index (χ2v) is 5.15. The van der Waals surface area contributed by atoms with Crippen molar-refractivity contribution in [3.05, 3.63) is 46.4 Å². The summed E-state index contributed by atoms with van der Waals surface area (Å²) in [6, 6.07) is 6.68. The number of rotatable bonds is 3. The van der Waals surface area contributed by atoms with Gasteiger partial charge in [0.15, 0.2) is 0 Å². The van der Waals surface area contributed by atoms with Gasteiger partial charge in [-0.3, -0.25) is 14.7 Å². The van der Waals surface area contributed by atoms with Gasteiger partial charge in [-0.05, 0) is 24.3 Å². The molecule has 106 valence electrons. The first-order valence-corrected chi connectivity index (χ1v) is 6.68. The maximum Gasteiger partial charge on any atom is 0.286 e. The van der Waals surface area contributed by atoms with Crippen molar-refractivity contribution in [2.24, 2.45) is 5.73 Å². The number of nitrogens with zero attached hydrogens (tertiary/aromatic N) is 1. The van der Waals surface area contributed by atoms with E-state index in [1.54, 1.807) is 18.2 Å². The van der Waals surface area contributed by atoms with Gasteiger partial charge in [-0.25, -0.2) is 0 Å². The number of hydrogen-bond donors (Lipinski definition) is 3. The molecule has 4 N–H and O–H groups in total. The van der Waals surface area contributed by atoms with Gasteiger partial charge in [0.2, 0.25) is 5.76 Å². The zero-order chi connectivity index (χ0) is 15.0. The van der Waals surface area contributed by atoms with Crippen LogP contribution in [0.3, 0.4) is 0 Å². The number of benzene rings is 1.